The molecule has 2 aromatic heterocycles. The summed E-state index contributed by atoms with van der Waals surface area (Å²) in [6.45, 7) is 11.5. The number of ether oxygens (including phenoxy) is 2. The van der Waals surface area contributed by atoms with Crippen molar-refractivity contribution in [3.63, 3.8) is 0 Å². The molecule has 246 valence electrons. The number of halogens is 2. The molecule has 0 saturated carbocycles. The highest BCUT2D eigenvalue weighted by Gasteiger charge is 2.40. The highest BCUT2D eigenvalue weighted by atomic mass is 19.1. The van der Waals surface area contributed by atoms with Crippen LogP contribution in [0.3, 0.4) is 0 Å². The Morgan fingerprint density at radius 1 is 1.23 bits per heavy atom. The fourth-order valence-electron chi connectivity index (χ4n) is 6.67. The molecule has 1 atom stereocenters. The van der Waals surface area contributed by atoms with E-state index in [0.29, 0.717) is 57.7 Å². The number of fused-ring (bicyclic) bond motifs is 1. The Balaban J connectivity index is 1.39. The van der Waals surface area contributed by atoms with E-state index < -0.39 is 17.5 Å². The van der Waals surface area contributed by atoms with Crippen molar-refractivity contribution in [3.8, 4) is 22.9 Å². The molecule has 3 aliphatic heterocycles. The number of carbonyl (C=O) groups excluding carboxylic acids is 1. The van der Waals surface area contributed by atoms with Gasteiger partial charge in [-0.3, -0.25) is 19.6 Å². The van der Waals surface area contributed by atoms with Crippen molar-refractivity contribution >= 4 is 23.6 Å². The van der Waals surface area contributed by atoms with Gasteiger partial charge in [0.05, 0.1) is 54.6 Å². The number of rotatable bonds is 9. The van der Waals surface area contributed by atoms with E-state index in [2.05, 4.69) is 49.0 Å². The second kappa shape index (κ2) is 13.0. The van der Waals surface area contributed by atoms with Gasteiger partial charge in [-0.1, -0.05) is 33.8 Å². The molecule has 0 spiro atoms. The van der Waals surface area contributed by atoms with Crippen molar-refractivity contribution < 1.29 is 23.0 Å². The lowest BCUT2D eigenvalue weighted by Gasteiger charge is -2.49. The third-order valence-electron chi connectivity index (χ3n) is 9.26. The first-order valence-corrected chi connectivity index (χ1v) is 15.9. The molecular weight excluding hydrogens is 604 g/mol. The van der Waals surface area contributed by atoms with Crippen LogP contribution in [0.4, 0.5) is 20.3 Å². The van der Waals surface area contributed by atoms with Crippen molar-refractivity contribution in [1.29, 1.82) is 10.7 Å². The summed E-state index contributed by atoms with van der Waals surface area (Å²) in [5.74, 6) is -0.928. The number of likely N-dealkylation sites (tertiary alicyclic amines) is 1. The van der Waals surface area contributed by atoms with Crippen LogP contribution in [0.15, 0.2) is 30.5 Å². The van der Waals surface area contributed by atoms with Gasteiger partial charge in [-0.25, -0.2) is 13.8 Å². The van der Waals surface area contributed by atoms with E-state index in [1.54, 1.807) is 18.2 Å². The van der Waals surface area contributed by atoms with Gasteiger partial charge < -0.3 is 20.2 Å². The van der Waals surface area contributed by atoms with Crippen molar-refractivity contribution in [2.24, 2.45) is 11.3 Å². The Bertz CT molecular complexity index is 1750. The Hall–Kier alpha value is -4.47. The number of nitrogens with zero attached hydrogens (tertiary/aromatic N) is 5. The molecule has 3 aliphatic rings. The molecule has 1 aromatic carbocycles. The molecule has 0 aliphatic carbocycles. The Morgan fingerprint density at radius 2 is 2.02 bits per heavy atom. The Kier molecular flexibility index (Phi) is 8.96. The van der Waals surface area contributed by atoms with Gasteiger partial charge in [-0.2, -0.15) is 5.26 Å². The lowest BCUT2D eigenvalue weighted by Crippen LogP contribution is -2.59. The first-order chi connectivity index (χ1) is 22.5. The van der Waals surface area contributed by atoms with Crippen molar-refractivity contribution in [2.45, 2.75) is 59.2 Å². The molecule has 12 heteroatoms. The number of carbonyl (C=O) groups is 1. The minimum Gasteiger partial charge on any atom is -0.482 e. The van der Waals surface area contributed by atoms with E-state index >= 15 is 0 Å². The van der Waals surface area contributed by atoms with Gasteiger partial charge in [0.1, 0.15) is 29.3 Å². The number of nitrogens with one attached hydrogen (secondary N) is 2. The second-order valence-electron chi connectivity index (χ2n) is 13.6. The van der Waals surface area contributed by atoms with Gasteiger partial charge in [0.15, 0.2) is 6.61 Å². The van der Waals surface area contributed by atoms with E-state index in [1.807, 2.05) is 0 Å². The average molecular weight is 644 g/mol. The number of aromatic nitrogens is 2. The summed E-state index contributed by atoms with van der Waals surface area (Å²) < 4.78 is 39.2. The largest absolute Gasteiger partial charge is 0.482 e. The van der Waals surface area contributed by atoms with Crippen molar-refractivity contribution in [1.82, 2.24) is 14.9 Å². The van der Waals surface area contributed by atoms with Crippen molar-refractivity contribution in [3.05, 3.63) is 64.6 Å². The minimum absolute atomic E-state index is 0.0746. The van der Waals surface area contributed by atoms with Gasteiger partial charge in [-0.05, 0) is 41.9 Å². The molecule has 0 radical (unpaired) electrons. The summed E-state index contributed by atoms with van der Waals surface area (Å²) in [5.41, 5.74) is 2.89. The van der Waals surface area contributed by atoms with E-state index in [-0.39, 0.29) is 36.2 Å². The van der Waals surface area contributed by atoms with Crippen LogP contribution in [0.25, 0.3) is 11.1 Å². The molecule has 3 aromatic rings. The topological polar surface area (TPSA) is 127 Å². The SMILES string of the molecule is CC(C)Cc1nc(NC2CCN(C3COC3)CC2(C)C)c(C=N)c(-c2ccc3c(c2)OCC(=O)N3Cc2ncc(F)cc2F)c1C#N. The molecule has 0 bridgehead atoms. The lowest BCUT2D eigenvalue weighted by atomic mass is 9.78. The normalized spacial score (nSPS) is 19.5. The smallest absolute Gasteiger partial charge is 0.265 e. The van der Waals surface area contributed by atoms with Crippen LogP contribution in [0, 0.1) is 39.7 Å². The molecule has 10 nitrogen and oxygen atoms in total. The van der Waals surface area contributed by atoms with Gasteiger partial charge in [0.2, 0.25) is 0 Å². The number of hydrogen-bond acceptors (Lipinski definition) is 9. The molecule has 2 fully saturated rings. The molecule has 1 unspecified atom stereocenters. The molecule has 2 N–H and O–H groups in total. The maximum atomic E-state index is 14.5. The zero-order chi connectivity index (χ0) is 33.5. The monoisotopic (exact) mass is 643 g/mol. The molecular formula is C35H39F2N7O3. The molecule has 1 amide bonds. The summed E-state index contributed by atoms with van der Waals surface area (Å²) in [4.78, 5) is 25.5. The second-order valence-corrected chi connectivity index (χ2v) is 13.6. The van der Waals surface area contributed by atoms with Gasteiger partial charge in [0, 0.05) is 42.5 Å². The zero-order valence-corrected chi connectivity index (χ0v) is 27.1. The minimum atomic E-state index is -0.850. The Labute approximate surface area is 273 Å². The van der Waals surface area contributed by atoms with Gasteiger partial charge in [-0.15, -0.1) is 0 Å². The number of benzene rings is 1. The standard InChI is InChI=1S/C35H39F2N7O3/c1-20(2)9-27-24(12-38)33(25(13-39)34(41-27)42-31-7-8-43(19-35(31,3)4)23-16-46-17-23)21-5-6-29-30(10-21)47-18-32(45)44(29)15-28-26(37)11-22(36)14-40-28/h5-6,10-11,13-14,20,23,31,39H,7-9,15-19H2,1-4H3,(H,41,42). The summed E-state index contributed by atoms with van der Waals surface area (Å²) in [7, 11) is 0. The Morgan fingerprint density at radius 3 is 2.66 bits per heavy atom. The van der Waals surface area contributed by atoms with E-state index in [1.165, 1.54) is 11.1 Å². The fourth-order valence-corrected chi connectivity index (χ4v) is 6.67. The van der Waals surface area contributed by atoms with Crippen LogP contribution in [0.1, 0.15) is 56.6 Å². The van der Waals surface area contributed by atoms with Crippen LogP contribution in [0.5, 0.6) is 5.75 Å². The number of hydrogen-bond donors (Lipinski definition) is 2. The highest BCUT2D eigenvalue weighted by molar-refractivity contribution is 6.00. The summed E-state index contributed by atoms with van der Waals surface area (Å²) in [6.07, 6.45) is 3.59. The number of amides is 1. The fraction of sp³-hybridized carbons (Fsp3) is 0.457. The maximum absolute atomic E-state index is 14.5. The first kappa shape index (κ1) is 32.5. The summed E-state index contributed by atoms with van der Waals surface area (Å²) >= 11 is 0. The number of anilines is 2. The van der Waals surface area contributed by atoms with E-state index in [0.717, 1.165) is 45.0 Å². The lowest BCUT2D eigenvalue weighted by molar-refractivity contribution is -0.121. The van der Waals surface area contributed by atoms with Crippen LogP contribution in [-0.4, -0.2) is 72.0 Å². The number of pyridine rings is 2. The van der Waals surface area contributed by atoms with Gasteiger partial charge in [0.25, 0.3) is 5.91 Å². The third kappa shape index (κ3) is 6.42. The number of nitriles is 1. The predicted octanol–water partition coefficient (Wildman–Crippen LogP) is 5.33. The molecule has 5 heterocycles. The first-order valence-electron chi connectivity index (χ1n) is 15.9. The van der Waals surface area contributed by atoms with Crippen LogP contribution < -0.4 is 15.0 Å². The highest BCUT2D eigenvalue weighted by Crippen LogP contribution is 2.41. The zero-order valence-electron chi connectivity index (χ0n) is 27.1. The quantitative estimate of drug-likeness (QED) is 0.300. The van der Waals surface area contributed by atoms with E-state index in [4.69, 9.17) is 19.9 Å². The summed E-state index contributed by atoms with van der Waals surface area (Å²) in [6, 6.07) is 8.80. The van der Waals surface area contributed by atoms with Crippen LogP contribution in [-0.2, 0) is 22.5 Å². The number of piperidine rings is 1. The summed E-state index contributed by atoms with van der Waals surface area (Å²) in [5, 5.41) is 22.7. The van der Waals surface area contributed by atoms with Gasteiger partial charge >= 0.3 is 0 Å². The van der Waals surface area contributed by atoms with Crippen LogP contribution >= 0.6 is 0 Å². The maximum Gasteiger partial charge on any atom is 0.265 e. The third-order valence-corrected chi connectivity index (χ3v) is 9.26. The van der Waals surface area contributed by atoms with E-state index in [9.17, 15) is 18.8 Å². The van der Waals surface area contributed by atoms with Crippen molar-refractivity contribution in [2.75, 3.05) is 43.1 Å². The molecule has 2 saturated heterocycles. The van der Waals surface area contributed by atoms with Crippen LogP contribution in [0.2, 0.25) is 0 Å². The molecule has 47 heavy (non-hydrogen) atoms. The predicted molar refractivity (Wildman–Crippen MR) is 174 cm³/mol. The molecule has 6 rings (SSSR count). The average Bonchev–Trinajstić information content (AvgIpc) is 2.99.